The molecule has 506 valence electrons. The van der Waals surface area contributed by atoms with Gasteiger partial charge in [0.1, 0.15) is 11.2 Å². The molecule has 0 fully saturated rings. The smallest absolute Gasteiger partial charge is 0.252 e. The molecule has 2 aliphatic rings. The van der Waals surface area contributed by atoms with Crippen LogP contribution in [0.5, 0.6) is 0 Å². The van der Waals surface area contributed by atoms with Crippen LogP contribution in [-0.4, -0.2) is 6.71 Å². The number of rotatable bonds is 10. The lowest BCUT2D eigenvalue weighted by molar-refractivity contribution is 0.569. The summed E-state index contributed by atoms with van der Waals surface area (Å²) in [6.45, 7) is 28.0. The monoisotopic (exact) mass is 1340 g/mol. The van der Waals surface area contributed by atoms with E-state index in [0.29, 0.717) is 0 Å². The van der Waals surface area contributed by atoms with Gasteiger partial charge in [-0.25, -0.2) is 0 Å². The number of furan rings is 1. The Balaban J connectivity index is 1.09. The van der Waals surface area contributed by atoms with Crippen LogP contribution in [0.15, 0.2) is 314 Å². The van der Waals surface area contributed by atoms with Gasteiger partial charge in [0.05, 0.1) is 11.4 Å². The zero-order valence-corrected chi connectivity index (χ0v) is 61.8. The van der Waals surface area contributed by atoms with Gasteiger partial charge in [0.25, 0.3) is 6.71 Å². The highest BCUT2D eigenvalue weighted by Crippen LogP contribution is 2.56. The van der Waals surface area contributed by atoms with E-state index >= 15 is 0 Å². The molecule has 17 rings (SSSR count). The van der Waals surface area contributed by atoms with Crippen LogP contribution in [0, 0.1) is 0 Å². The average molecular weight is 1340 g/mol. The van der Waals surface area contributed by atoms with E-state index in [1.807, 2.05) is 0 Å². The normalized spacial score (nSPS) is 12.9. The standard InChI is InChI=1S/C100H87BN2O/c1-97(2,3)75-47-49-88-86(62-75)101-87-63-76(98(4,5)6)48-50-89(87)103(95-82(68-41-27-17-28-42-68)55-71(65-35-21-14-22-36-65)56-83(95)69-43-29-18-30-44-69)91-60-73(72-57-84(96-85(58-72)79-45-31-32-46-92(79)104-96)74-51-77(99(7,8)9)61-78(52-74)100(10,11)12)59-90(93(91)101)102(88)94-80(66-37-23-15-24-38-66)53-70(64-33-19-13-20-34-64)54-81(94)67-39-25-16-26-40-67/h13-63H,1-12H3. The van der Waals surface area contributed by atoms with Crippen molar-refractivity contribution >= 4 is 79.2 Å². The van der Waals surface area contributed by atoms with Crippen molar-refractivity contribution in [3.05, 3.63) is 332 Å². The maximum atomic E-state index is 7.22. The molecule has 0 bridgehead atoms. The molecule has 4 heteroatoms. The molecular weight excluding hydrogens is 1260 g/mol. The van der Waals surface area contributed by atoms with Gasteiger partial charge in [-0.15, -0.1) is 0 Å². The van der Waals surface area contributed by atoms with Gasteiger partial charge in [-0.1, -0.05) is 326 Å². The van der Waals surface area contributed by atoms with E-state index in [4.69, 9.17) is 4.42 Å². The van der Waals surface area contributed by atoms with E-state index in [-0.39, 0.29) is 28.4 Å². The third kappa shape index (κ3) is 11.7. The fraction of sp³-hybridized carbons (Fsp3) is 0.160. The largest absolute Gasteiger partial charge is 0.455 e. The number of hydrogen-bond acceptors (Lipinski definition) is 3. The first-order valence-electron chi connectivity index (χ1n) is 37.0. The zero-order valence-electron chi connectivity index (χ0n) is 61.8. The Morgan fingerprint density at radius 2 is 0.567 bits per heavy atom. The lowest BCUT2D eigenvalue weighted by atomic mass is 9.33. The fourth-order valence-electron chi connectivity index (χ4n) is 16.1. The van der Waals surface area contributed by atoms with E-state index in [1.54, 1.807) is 0 Å². The van der Waals surface area contributed by atoms with Gasteiger partial charge in [-0.3, -0.25) is 0 Å². The fourth-order valence-corrected chi connectivity index (χ4v) is 16.1. The molecule has 14 aromatic carbocycles. The van der Waals surface area contributed by atoms with Crippen LogP contribution in [-0.2, 0) is 21.7 Å². The van der Waals surface area contributed by atoms with Crippen LogP contribution >= 0.6 is 0 Å². The van der Waals surface area contributed by atoms with Gasteiger partial charge in [-0.2, -0.15) is 0 Å². The maximum Gasteiger partial charge on any atom is 0.252 e. The van der Waals surface area contributed by atoms with Gasteiger partial charge in [0.15, 0.2) is 0 Å². The Hall–Kier alpha value is -11.5. The van der Waals surface area contributed by atoms with Gasteiger partial charge in [0, 0.05) is 61.3 Å². The van der Waals surface area contributed by atoms with E-state index in [1.165, 1.54) is 38.6 Å². The van der Waals surface area contributed by atoms with Crippen molar-refractivity contribution in [2.45, 2.75) is 105 Å². The molecule has 0 saturated heterocycles. The summed E-state index contributed by atoms with van der Waals surface area (Å²) in [5.74, 6) is 0. The molecule has 0 unspecified atom stereocenters. The number of para-hydroxylation sites is 1. The van der Waals surface area contributed by atoms with Crippen LogP contribution in [0.4, 0.5) is 34.1 Å². The van der Waals surface area contributed by atoms with Crippen molar-refractivity contribution in [3.8, 4) is 89.0 Å². The molecule has 0 N–H and O–H groups in total. The third-order valence-corrected chi connectivity index (χ3v) is 21.8. The van der Waals surface area contributed by atoms with Crippen molar-refractivity contribution in [2.24, 2.45) is 0 Å². The van der Waals surface area contributed by atoms with Crippen LogP contribution in [0.3, 0.4) is 0 Å². The van der Waals surface area contributed by atoms with E-state index in [0.717, 1.165) is 145 Å². The molecule has 1 aromatic heterocycles. The highest BCUT2D eigenvalue weighted by Gasteiger charge is 2.47. The predicted molar refractivity (Wildman–Crippen MR) is 446 cm³/mol. The Kier molecular flexibility index (Phi) is 16.0. The lowest BCUT2D eigenvalue weighted by Crippen LogP contribution is -2.61. The zero-order chi connectivity index (χ0) is 71.6. The first kappa shape index (κ1) is 65.8. The maximum absolute atomic E-state index is 7.22. The molecule has 0 amide bonds. The van der Waals surface area contributed by atoms with Gasteiger partial charge < -0.3 is 14.2 Å². The van der Waals surface area contributed by atoms with Crippen molar-refractivity contribution in [2.75, 3.05) is 9.80 Å². The highest BCUT2D eigenvalue weighted by molar-refractivity contribution is 7.00. The first-order valence-corrected chi connectivity index (χ1v) is 37.0. The summed E-state index contributed by atoms with van der Waals surface area (Å²) in [5, 5.41) is 2.16. The molecule has 0 radical (unpaired) electrons. The lowest BCUT2D eigenvalue weighted by Gasteiger charge is -2.46. The molecule has 104 heavy (non-hydrogen) atoms. The second-order valence-electron chi connectivity index (χ2n) is 32.9. The van der Waals surface area contributed by atoms with Gasteiger partial charge in [-0.05, 0) is 188 Å². The SMILES string of the molecule is CC(C)(C)c1cc(-c2cc(-c3cc4c5c(c3)N(c3c(-c6ccccc6)cc(-c6ccccc6)cc3-c3ccccc3)c3ccc(C(C)(C)C)cc3B5c3cc(C(C)(C)C)ccc3N4c3c(-c4ccccc4)cc(-c4ccccc4)cc3-c3ccccc3)cc3c2oc2ccccc23)cc(C(C)(C)C)c1. The Bertz CT molecular complexity index is 5390. The van der Waals surface area contributed by atoms with E-state index in [2.05, 4.69) is 402 Å². The molecule has 0 atom stereocenters. The molecular formula is C100H87BN2O. The van der Waals surface area contributed by atoms with Crippen LogP contribution in [0.2, 0.25) is 0 Å². The third-order valence-electron chi connectivity index (χ3n) is 21.8. The number of anilines is 6. The minimum absolute atomic E-state index is 0.133. The number of benzene rings is 14. The minimum Gasteiger partial charge on any atom is -0.455 e. The summed E-state index contributed by atoms with van der Waals surface area (Å²) in [6.07, 6.45) is 0. The van der Waals surface area contributed by atoms with Crippen molar-refractivity contribution in [1.82, 2.24) is 0 Å². The number of hydrogen-bond donors (Lipinski definition) is 0. The number of fused-ring (bicyclic) bond motifs is 7. The molecule has 2 aliphatic heterocycles. The molecule has 0 saturated carbocycles. The van der Waals surface area contributed by atoms with Crippen LogP contribution < -0.4 is 26.2 Å². The van der Waals surface area contributed by atoms with Crippen LogP contribution in [0.1, 0.15) is 105 Å². The van der Waals surface area contributed by atoms with E-state index < -0.39 is 0 Å². The second kappa shape index (κ2) is 25.2. The van der Waals surface area contributed by atoms with E-state index in [9.17, 15) is 0 Å². The van der Waals surface area contributed by atoms with Gasteiger partial charge in [0.2, 0.25) is 0 Å². The Morgan fingerprint density at radius 3 is 0.942 bits per heavy atom. The van der Waals surface area contributed by atoms with Crippen molar-refractivity contribution < 1.29 is 4.42 Å². The Morgan fingerprint density at radius 1 is 0.240 bits per heavy atom. The van der Waals surface area contributed by atoms with Crippen LogP contribution in [0.25, 0.3) is 111 Å². The quantitative estimate of drug-likeness (QED) is 0.127. The number of nitrogens with zero attached hydrogens (tertiary/aromatic N) is 2. The summed E-state index contributed by atoms with van der Waals surface area (Å²) in [4.78, 5) is 5.42. The predicted octanol–water partition coefficient (Wildman–Crippen LogP) is 26.2. The minimum atomic E-state index is -0.226. The van der Waals surface area contributed by atoms with Crippen molar-refractivity contribution in [1.29, 1.82) is 0 Å². The summed E-state index contributed by atoms with van der Waals surface area (Å²) in [5.41, 5.74) is 34.8. The highest BCUT2D eigenvalue weighted by atomic mass is 16.3. The Labute approximate surface area is 614 Å². The average Bonchev–Trinajstić information content (AvgIpc) is 0.692. The first-order chi connectivity index (χ1) is 50.1. The van der Waals surface area contributed by atoms with Gasteiger partial charge >= 0.3 is 0 Å². The second-order valence-corrected chi connectivity index (χ2v) is 32.9. The summed E-state index contributed by atoms with van der Waals surface area (Å²) >= 11 is 0. The molecule has 3 nitrogen and oxygen atoms in total. The summed E-state index contributed by atoms with van der Waals surface area (Å²) in [6, 6.07) is 117. The molecule has 0 aliphatic carbocycles. The molecule has 15 aromatic rings. The molecule has 0 spiro atoms. The summed E-state index contributed by atoms with van der Waals surface area (Å²) in [7, 11) is 0. The van der Waals surface area contributed by atoms with Crippen molar-refractivity contribution in [3.63, 3.8) is 0 Å². The molecule has 3 heterocycles. The summed E-state index contributed by atoms with van der Waals surface area (Å²) < 4.78 is 7.22. The topological polar surface area (TPSA) is 19.6 Å².